The normalized spacial score (nSPS) is 16.1. The van der Waals surface area contributed by atoms with Crippen molar-refractivity contribution in [3.8, 4) is 0 Å². The van der Waals surface area contributed by atoms with Gasteiger partial charge in [-0.15, -0.1) is 0 Å². The van der Waals surface area contributed by atoms with Crippen molar-refractivity contribution >= 4 is 11.9 Å². The van der Waals surface area contributed by atoms with Crippen molar-refractivity contribution in [1.82, 2.24) is 5.32 Å². The molecule has 0 unspecified atom stereocenters. The highest BCUT2D eigenvalue weighted by Gasteiger charge is 2.31. The molecule has 0 saturated heterocycles. The molecular weight excluding hydrogens is 299 g/mol. The van der Waals surface area contributed by atoms with Crippen LogP contribution in [0.15, 0.2) is 24.3 Å². The minimum Gasteiger partial charge on any atom is -0.480 e. The van der Waals surface area contributed by atoms with Gasteiger partial charge in [-0.05, 0) is 30.0 Å². The molecule has 0 aromatic heterocycles. The number of rotatable bonds is 6. The zero-order chi connectivity index (χ0) is 16.3. The van der Waals surface area contributed by atoms with Crippen molar-refractivity contribution in [3.63, 3.8) is 0 Å². The van der Waals surface area contributed by atoms with Crippen molar-refractivity contribution in [1.29, 1.82) is 0 Å². The number of amides is 1. The third-order valence-electron chi connectivity index (χ3n) is 3.55. The Morgan fingerprint density at radius 2 is 1.82 bits per heavy atom. The molecule has 1 saturated carbocycles. The molecule has 1 aromatic carbocycles. The molecule has 1 amide bonds. The largest absolute Gasteiger partial charge is 0.480 e. The zero-order valence-corrected chi connectivity index (χ0v) is 11.7. The highest BCUT2D eigenvalue weighted by atomic mass is 19.4. The van der Waals surface area contributed by atoms with Gasteiger partial charge in [0.05, 0.1) is 12.0 Å². The van der Waals surface area contributed by atoms with Crippen molar-refractivity contribution in [2.75, 3.05) is 0 Å². The van der Waals surface area contributed by atoms with E-state index in [1.54, 1.807) is 0 Å². The lowest BCUT2D eigenvalue weighted by Crippen LogP contribution is -2.41. The molecule has 7 heteroatoms. The number of aliphatic carboxylic acids is 1. The summed E-state index contributed by atoms with van der Waals surface area (Å²) < 4.78 is 37.3. The Labute approximate surface area is 125 Å². The van der Waals surface area contributed by atoms with Crippen LogP contribution in [0.4, 0.5) is 13.2 Å². The van der Waals surface area contributed by atoms with Crippen LogP contribution in [0.1, 0.15) is 30.4 Å². The van der Waals surface area contributed by atoms with E-state index in [1.165, 1.54) is 12.1 Å². The molecule has 0 radical (unpaired) electrons. The summed E-state index contributed by atoms with van der Waals surface area (Å²) >= 11 is 0. The van der Waals surface area contributed by atoms with Gasteiger partial charge in [0.1, 0.15) is 6.04 Å². The number of nitrogens with one attached hydrogen (secondary N) is 1. The Balaban J connectivity index is 1.91. The van der Waals surface area contributed by atoms with Gasteiger partial charge >= 0.3 is 12.1 Å². The molecule has 0 spiro atoms. The summed E-state index contributed by atoms with van der Waals surface area (Å²) in [7, 11) is 0. The van der Waals surface area contributed by atoms with Crippen LogP contribution in [0, 0.1) is 5.92 Å². The van der Waals surface area contributed by atoms with Crippen LogP contribution in [0.5, 0.6) is 0 Å². The van der Waals surface area contributed by atoms with Crippen LogP contribution in [0.25, 0.3) is 0 Å². The van der Waals surface area contributed by atoms with Crippen LogP contribution in [0.2, 0.25) is 0 Å². The number of carbonyl (C=O) groups is 2. The average Bonchev–Trinajstić information content (AvgIpc) is 3.21. The molecule has 0 bridgehead atoms. The Hall–Kier alpha value is -2.05. The molecule has 2 rings (SSSR count). The molecule has 120 valence electrons. The average molecular weight is 315 g/mol. The predicted octanol–water partition coefficient (Wildman–Crippen LogP) is 2.62. The third kappa shape index (κ3) is 4.75. The summed E-state index contributed by atoms with van der Waals surface area (Å²) in [6.45, 7) is 0. The standard InChI is InChI=1S/C15H16F3NO3/c16-15(17,18)11-5-3-10(4-6-11)8-13(20)19-12(14(21)22)7-9-1-2-9/h3-6,9,12H,1-2,7-8H2,(H,19,20)(H,21,22)/t12-/m0/s1. The fourth-order valence-corrected chi connectivity index (χ4v) is 2.15. The smallest absolute Gasteiger partial charge is 0.416 e. The first kappa shape index (κ1) is 16.3. The van der Waals surface area contributed by atoms with Gasteiger partial charge in [0.15, 0.2) is 0 Å². The van der Waals surface area contributed by atoms with Crippen molar-refractivity contribution in [2.45, 2.75) is 37.9 Å². The number of benzene rings is 1. The van der Waals surface area contributed by atoms with Gasteiger partial charge in [-0.25, -0.2) is 4.79 Å². The SMILES string of the molecule is O=C(Cc1ccc(C(F)(F)F)cc1)N[C@@H](CC1CC1)C(=O)O. The first-order valence-corrected chi connectivity index (χ1v) is 6.94. The molecule has 2 N–H and O–H groups in total. The maximum absolute atomic E-state index is 12.4. The second-order valence-electron chi connectivity index (χ2n) is 5.51. The number of carboxylic acids is 1. The van der Waals surface area contributed by atoms with E-state index < -0.39 is 29.7 Å². The van der Waals surface area contributed by atoms with E-state index >= 15 is 0 Å². The highest BCUT2D eigenvalue weighted by molar-refractivity contribution is 5.84. The second kappa shape index (κ2) is 6.37. The van der Waals surface area contributed by atoms with Gasteiger partial charge in [-0.1, -0.05) is 25.0 Å². The second-order valence-corrected chi connectivity index (χ2v) is 5.51. The molecule has 4 nitrogen and oxygen atoms in total. The van der Waals surface area contributed by atoms with E-state index in [0.29, 0.717) is 17.9 Å². The van der Waals surface area contributed by atoms with Crippen molar-refractivity contribution in [3.05, 3.63) is 35.4 Å². The van der Waals surface area contributed by atoms with Gasteiger partial charge in [0.2, 0.25) is 5.91 Å². The van der Waals surface area contributed by atoms with Gasteiger partial charge in [0.25, 0.3) is 0 Å². The number of halogens is 3. The van der Waals surface area contributed by atoms with E-state index in [4.69, 9.17) is 5.11 Å². The van der Waals surface area contributed by atoms with Crippen LogP contribution in [-0.4, -0.2) is 23.0 Å². The van der Waals surface area contributed by atoms with Gasteiger partial charge < -0.3 is 10.4 Å². The summed E-state index contributed by atoms with van der Waals surface area (Å²) in [6, 6.07) is 3.32. The lowest BCUT2D eigenvalue weighted by Gasteiger charge is -2.14. The highest BCUT2D eigenvalue weighted by Crippen LogP contribution is 2.33. The van der Waals surface area contributed by atoms with Gasteiger partial charge in [0, 0.05) is 0 Å². The molecule has 1 atom stereocenters. The Morgan fingerprint density at radius 3 is 2.27 bits per heavy atom. The molecule has 1 fully saturated rings. The van der Waals surface area contributed by atoms with Crippen LogP contribution in [-0.2, 0) is 22.2 Å². The summed E-state index contributed by atoms with van der Waals surface area (Å²) in [4.78, 5) is 22.9. The minimum absolute atomic E-state index is 0.146. The minimum atomic E-state index is -4.42. The summed E-state index contributed by atoms with van der Waals surface area (Å²) in [6.07, 6.45) is -2.22. The molecule has 22 heavy (non-hydrogen) atoms. The lowest BCUT2D eigenvalue weighted by atomic mass is 10.1. The fourth-order valence-electron chi connectivity index (χ4n) is 2.15. The molecule has 1 aromatic rings. The Morgan fingerprint density at radius 1 is 1.23 bits per heavy atom. The number of alkyl halides is 3. The van der Waals surface area contributed by atoms with Gasteiger partial charge in [-0.3, -0.25) is 4.79 Å². The van der Waals surface area contributed by atoms with E-state index in [-0.39, 0.29) is 6.42 Å². The summed E-state index contributed by atoms with van der Waals surface area (Å²) in [5.41, 5.74) is -0.380. The topological polar surface area (TPSA) is 66.4 Å². The van der Waals surface area contributed by atoms with Gasteiger partial charge in [-0.2, -0.15) is 13.2 Å². The lowest BCUT2D eigenvalue weighted by molar-refractivity contribution is -0.142. The summed E-state index contributed by atoms with van der Waals surface area (Å²) in [5, 5.41) is 11.5. The van der Waals surface area contributed by atoms with Crippen LogP contribution < -0.4 is 5.32 Å². The maximum Gasteiger partial charge on any atom is 0.416 e. The third-order valence-corrected chi connectivity index (χ3v) is 3.55. The number of carboxylic acid groups (broad SMARTS) is 1. The Bertz CT molecular complexity index is 550. The van der Waals surface area contributed by atoms with E-state index in [9.17, 15) is 22.8 Å². The summed E-state index contributed by atoms with van der Waals surface area (Å²) in [5.74, 6) is -1.26. The first-order valence-electron chi connectivity index (χ1n) is 6.94. The zero-order valence-electron chi connectivity index (χ0n) is 11.7. The quantitative estimate of drug-likeness (QED) is 0.848. The molecule has 0 heterocycles. The first-order chi connectivity index (χ1) is 10.3. The predicted molar refractivity (Wildman–Crippen MR) is 72.1 cm³/mol. The molecule has 1 aliphatic carbocycles. The molecule has 0 aliphatic heterocycles. The maximum atomic E-state index is 12.4. The number of hydrogen-bond acceptors (Lipinski definition) is 2. The number of hydrogen-bond donors (Lipinski definition) is 2. The number of carbonyl (C=O) groups excluding carboxylic acids is 1. The van der Waals surface area contributed by atoms with Crippen LogP contribution >= 0.6 is 0 Å². The molecule has 1 aliphatic rings. The van der Waals surface area contributed by atoms with Crippen LogP contribution in [0.3, 0.4) is 0 Å². The van der Waals surface area contributed by atoms with E-state index in [1.807, 2.05) is 0 Å². The van der Waals surface area contributed by atoms with E-state index in [0.717, 1.165) is 25.0 Å². The molecular formula is C15H16F3NO3. The fraction of sp³-hybridized carbons (Fsp3) is 0.467. The van der Waals surface area contributed by atoms with Crippen molar-refractivity contribution in [2.24, 2.45) is 5.92 Å². The Kier molecular flexibility index (Phi) is 4.73. The van der Waals surface area contributed by atoms with E-state index in [2.05, 4.69) is 5.32 Å². The monoisotopic (exact) mass is 315 g/mol. The van der Waals surface area contributed by atoms with Crippen molar-refractivity contribution < 1.29 is 27.9 Å².